The number of aromatic amines is 1. The van der Waals surface area contributed by atoms with Crippen molar-refractivity contribution in [3.05, 3.63) is 36.3 Å². The summed E-state index contributed by atoms with van der Waals surface area (Å²) in [6, 6.07) is 8.66. The van der Waals surface area contributed by atoms with Crippen LogP contribution in [0, 0.1) is 5.41 Å². The maximum atomic E-state index is 6.14. The highest BCUT2D eigenvalue weighted by atomic mass is 16.7. The monoisotopic (exact) mass is 367 g/mol. The van der Waals surface area contributed by atoms with Gasteiger partial charge >= 0.3 is 7.12 Å². The Balaban J connectivity index is 1.49. The van der Waals surface area contributed by atoms with Crippen LogP contribution in [0.1, 0.15) is 59.8 Å². The number of benzene rings is 1. The van der Waals surface area contributed by atoms with Gasteiger partial charge in [0.2, 0.25) is 0 Å². The molecule has 1 aromatic heterocycles. The first-order chi connectivity index (χ1) is 12.6. The number of aromatic nitrogens is 2. The van der Waals surface area contributed by atoms with Gasteiger partial charge in [0.05, 0.1) is 29.1 Å². The average molecular weight is 367 g/mol. The summed E-state index contributed by atoms with van der Waals surface area (Å²) in [5.41, 5.74) is 2.87. The minimum atomic E-state index is -0.328. The predicted octanol–water partition coefficient (Wildman–Crippen LogP) is 3.44. The lowest BCUT2D eigenvalue weighted by Gasteiger charge is -2.32. The molecule has 0 saturated carbocycles. The van der Waals surface area contributed by atoms with Gasteiger partial charge in [-0.05, 0) is 50.6 Å². The summed E-state index contributed by atoms with van der Waals surface area (Å²) in [7, 11) is -0.328. The molecule has 6 heteroatoms. The van der Waals surface area contributed by atoms with Crippen LogP contribution in [0.25, 0.3) is 11.3 Å². The van der Waals surface area contributed by atoms with E-state index in [-0.39, 0.29) is 18.3 Å². The van der Waals surface area contributed by atoms with Gasteiger partial charge in [-0.15, -0.1) is 0 Å². The molecule has 4 rings (SSSR count). The third kappa shape index (κ3) is 3.46. The lowest BCUT2D eigenvalue weighted by Crippen LogP contribution is -2.41. The van der Waals surface area contributed by atoms with Gasteiger partial charge in [0, 0.05) is 6.54 Å². The SMILES string of the molecule is CC1(C)CNC(c2ncc(-c3ccc(B4OC(C)(C)C(C)(C)O4)cc3)[nH]2)C1. The number of nitrogens with zero attached hydrogens (tertiary/aromatic N) is 1. The van der Waals surface area contributed by atoms with Gasteiger partial charge in [0.15, 0.2) is 0 Å². The van der Waals surface area contributed by atoms with Crippen LogP contribution < -0.4 is 10.8 Å². The van der Waals surface area contributed by atoms with Gasteiger partial charge in [-0.1, -0.05) is 38.1 Å². The second-order valence-electron chi connectivity index (χ2n) is 9.69. The molecule has 0 radical (unpaired) electrons. The fraction of sp³-hybridized carbons (Fsp3) is 0.571. The molecule has 0 amide bonds. The van der Waals surface area contributed by atoms with Crippen molar-refractivity contribution in [3.63, 3.8) is 0 Å². The van der Waals surface area contributed by atoms with Crippen LogP contribution in [0.5, 0.6) is 0 Å². The Morgan fingerprint density at radius 3 is 2.19 bits per heavy atom. The summed E-state index contributed by atoms with van der Waals surface area (Å²) in [6.45, 7) is 13.9. The average Bonchev–Trinajstić information content (AvgIpc) is 3.25. The Morgan fingerprint density at radius 2 is 1.63 bits per heavy atom. The number of hydrogen-bond acceptors (Lipinski definition) is 4. The third-order valence-corrected chi connectivity index (χ3v) is 6.26. The van der Waals surface area contributed by atoms with Gasteiger partial charge in [-0.25, -0.2) is 4.98 Å². The van der Waals surface area contributed by atoms with E-state index in [9.17, 15) is 0 Å². The number of imidazole rings is 1. The largest absolute Gasteiger partial charge is 0.494 e. The van der Waals surface area contributed by atoms with Crippen LogP contribution in [0.4, 0.5) is 0 Å². The van der Waals surface area contributed by atoms with E-state index in [1.807, 2.05) is 6.20 Å². The number of hydrogen-bond donors (Lipinski definition) is 2. The summed E-state index contributed by atoms with van der Waals surface area (Å²) < 4.78 is 12.3. The van der Waals surface area contributed by atoms with Crippen molar-refractivity contribution in [2.24, 2.45) is 5.41 Å². The lowest BCUT2D eigenvalue weighted by molar-refractivity contribution is 0.00578. The van der Waals surface area contributed by atoms with Crippen molar-refractivity contribution in [1.82, 2.24) is 15.3 Å². The fourth-order valence-corrected chi connectivity index (χ4v) is 3.75. The second-order valence-corrected chi connectivity index (χ2v) is 9.69. The molecule has 1 atom stereocenters. The molecule has 5 nitrogen and oxygen atoms in total. The Bertz CT molecular complexity index is 810. The highest BCUT2D eigenvalue weighted by Gasteiger charge is 2.51. The molecular weight excluding hydrogens is 337 g/mol. The van der Waals surface area contributed by atoms with Crippen molar-refractivity contribution < 1.29 is 9.31 Å². The molecule has 2 saturated heterocycles. The van der Waals surface area contributed by atoms with E-state index in [4.69, 9.17) is 9.31 Å². The predicted molar refractivity (Wildman–Crippen MR) is 109 cm³/mol. The molecule has 1 aromatic carbocycles. The summed E-state index contributed by atoms with van der Waals surface area (Å²) >= 11 is 0. The Labute approximate surface area is 162 Å². The van der Waals surface area contributed by atoms with E-state index in [0.29, 0.717) is 11.5 Å². The summed E-state index contributed by atoms with van der Waals surface area (Å²) in [4.78, 5) is 8.10. The Hall–Kier alpha value is -1.63. The number of nitrogens with one attached hydrogen (secondary N) is 2. The second kappa shape index (κ2) is 6.19. The molecule has 2 aromatic rings. The Morgan fingerprint density at radius 1 is 1.00 bits per heavy atom. The van der Waals surface area contributed by atoms with E-state index >= 15 is 0 Å². The van der Waals surface area contributed by atoms with Gasteiger partial charge in [-0.3, -0.25) is 0 Å². The molecule has 144 valence electrons. The molecule has 3 heterocycles. The minimum Gasteiger partial charge on any atom is -0.399 e. The van der Waals surface area contributed by atoms with Crippen molar-refractivity contribution >= 4 is 12.6 Å². The zero-order valence-corrected chi connectivity index (χ0v) is 17.2. The van der Waals surface area contributed by atoms with E-state index in [1.165, 1.54) is 0 Å². The van der Waals surface area contributed by atoms with Crippen LogP contribution in [0.15, 0.2) is 30.5 Å². The molecule has 27 heavy (non-hydrogen) atoms. The first-order valence-corrected chi connectivity index (χ1v) is 9.81. The van der Waals surface area contributed by atoms with Gasteiger partial charge < -0.3 is 19.6 Å². The Kier molecular flexibility index (Phi) is 4.29. The van der Waals surface area contributed by atoms with Gasteiger partial charge in [0.25, 0.3) is 0 Å². The van der Waals surface area contributed by atoms with Crippen LogP contribution in [0.3, 0.4) is 0 Å². The first kappa shape index (κ1) is 18.7. The highest BCUT2D eigenvalue weighted by Crippen LogP contribution is 2.37. The van der Waals surface area contributed by atoms with Crippen LogP contribution in [-0.4, -0.2) is 34.8 Å². The van der Waals surface area contributed by atoms with E-state index in [1.54, 1.807) is 0 Å². The maximum absolute atomic E-state index is 6.14. The summed E-state index contributed by atoms with van der Waals surface area (Å²) in [5, 5.41) is 3.56. The molecule has 1 unspecified atom stereocenters. The minimum absolute atomic E-state index is 0.303. The fourth-order valence-electron chi connectivity index (χ4n) is 3.75. The topological polar surface area (TPSA) is 59.2 Å². The number of H-pyrrole nitrogens is 1. The summed E-state index contributed by atoms with van der Waals surface area (Å²) in [5.74, 6) is 1.02. The zero-order chi connectivity index (χ0) is 19.4. The quantitative estimate of drug-likeness (QED) is 0.816. The normalized spacial score (nSPS) is 25.9. The maximum Gasteiger partial charge on any atom is 0.494 e. The molecule has 0 spiro atoms. The molecular formula is C21H30BN3O2. The van der Waals surface area contributed by atoms with E-state index < -0.39 is 0 Å². The summed E-state index contributed by atoms with van der Waals surface area (Å²) in [6.07, 6.45) is 3.02. The molecule has 0 bridgehead atoms. The smallest absolute Gasteiger partial charge is 0.399 e. The molecule has 2 fully saturated rings. The van der Waals surface area contributed by atoms with Crippen LogP contribution in [0.2, 0.25) is 0 Å². The van der Waals surface area contributed by atoms with Crippen molar-refractivity contribution in [1.29, 1.82) is 0 Å². The van der Waals surface area contributed by atoms with Crippen LogP contribution >= 0.6 is 0 Å². The number of rotatable bonds is 3. The van der Waals surface area contributed by atoms with Gasteiger partial charge in [-0.2, -0.15) is 0 Å². The molecule has 2 aliphatic rings. The van der Waals surface area contributed by atoms with Crippen molar-refractivity contribution in [2.75, 3.05) is 6.54 Å². The zero-order valence-electron chi connectivity index (χ0n) is 17.2. The van der Waals surface area contributed by atoms with Crippen LogP contribution in [-0.2, 0) is 9.31 Å². The van der Waals surface area contributed by atoms with E-state index in [2.05, 4.69) is 81.1 Å². The van der Waals surface area contributed by atoms with Gasteiger partial charge in [0.1, 0.15) is 5.82 Å². The standard InChI is InChI=1S/C21H30BN3O2/c1-19(2)11-16(24-13-19)18-23-12-17(25-18)14-7-9-15(10-8-14)22-26-20(3,4)21(5,6)27-22/h7-10,12,16,24H,11,13H2,1-6H3,(H,23,25). The molecule has 2 aliphatic heterocycles. The first-order valence-electron chi connectivity index (χ1n) is 9.81. The van der Waals surface area contributed by atoms with Crippen molar-refractivity contribution in [2.45, 2.75) is 65.2 Å². The third-order valence-electron chi connectivity index (χ3n) is 6.26. The highest BCUT2D eigenvalue weighted by molar-refractivity contribution is 6.62. The molecule has 0 aliphatic carbocycles. The molecule has 2 N–H and O–H groups in total. The van der Waals surface area contributed by atoms with Crippen molar-refractivity contribution in [3.8, 4) is 11.3 Å². The lowest BCUT2D eigenvalue weighted by atomic mass is 9.79. The van der Waals surface area contributed by atoms with E-state index in [0.717, 1.165) is 35.5 Å².